The van der Waals surface area contributed by atoms with E-state index in [2.05, 4.69) is 5.18 Å². The van der Waals surface area contributed by atoms with Crippen LogP contribution in [0.15, 0.2) is 17.3 Å². The van der Waals surface area contributed by atoms with E-state index in [1.807, 2.05) is 13.8 Å². The van der Waals surface area contributed by atoms with Crippen LogP contribution in [0.4, 0.5) is 11.4 Å². The third-order valence-electron chi connectivity index (χ3n) is 1.60. The highest BCUT2D eigenvalue weighted by Crippen LogP contribution is 2.25. The molecular formula is C8H10N2O. The number of nitrogen functional groups attached to an aromatic ring is 1. The second-order valence-corrected chi connectivity index (χ2v) is 2.59. The molecule has 1 rings (SSSR count). The van der Waals surface area contributed by atoms with E-state index in [9.17, 15) is 4.91 Å². The van der Waals surface area contributed by atoms with Crippen LogP contribution in [0.1, 0.15) is 11.1 Å². The Morgan fingerprint density at radius 3 is 2.09 bits per heavy atom. The normalized spacial score (nSPS) is 9.64. The molecule has 11 heavy (non-hydrogen) atoms. The Labute approximate surface area is 65.2 Å². The lowest BCUT2D eigenvalue weighted by Gasteiger charge is -2.02. The predicted molar refractivity (Wildman–Crippen MR) is 45.8 cm³/mol. The van der Waals surface area contributed by atoms with Gasteiger partial charge >= 0.3 is 0 Å². The van der Waals surface area contributed by atoms with E-state index in [1.54, 1.807) is 12.1 Å². The zero-order valence-corrected chi connectivity index (χ0v) is 6.59. The molecule has 0 radical (unpaired) electrons. The smallest absolute Gasteiger partial charge is 0.113 e. The van der Waals surface area contributed by atoms with Crippen LogP contribution < -0.4 is 5.73 Å². The zero-order valence-electron chi connectivity index (χ0n) is 6.59. The quantitative estimate of drug-likeness (QED) is 0.493. The lowest BCUT2D eigenvalue weighted by Crippen LogP contribution is -1.87. The van der Waals surface area contributed by atoms with Crippen LogP contribution in [0.3, 0.4) is 0 Å². The minimum absolute atomic E-state index is 0.499. The summed E-state index contributed by atoms with van der Waals surface area (Å²) in [6.45, 7) is 3.64. The van der Waals surface area contributed by atoms with Crippen molar-refractivity contribution in [3.8, 4) is 0 Å². The van der Waals surface area contributed by atoms with Gasteiger partial charge in [-0.2, -0.15) is 0 Å². The van der Waals surface area contributed by atoms with Gasteiger partial charge in [0.15, 0.2) is 0 Å². The molecule has 0 unspecified atom stereocenters. The van der Waals surface area contributed by atoms with Crippen molar-refractivity contribution in [1.29, 1.82) is 0 Å². The van der Waals surface area contributed by atoms with E-state index in [1.165, 1.54) is 0 Å². The molecule has 0 heterocycles. The van der Waals surface area contributed by atoms with Gasteiger partial charge in [0.05, 0.1) is 0 Å². The van der Waals surface area contributed by atoms with E-state index in [0.29, 0.717) is 11.4 Å². The van der Waals surface area contributed by atoms with E-state index in [-0.39, 0.29) is 0 Å². The molecule has 3 nitrogen and oxygen atoms in total. The summed E-state index contributed by atoms with van der Waals surface area (Å²) in [5.41, 5.74) is 8.37. The topological polar surface area (TPSA) is 55.4 Å². The molecule has 0 spiro atoms. The van der Waals surface area contributed by atoms with E-state index >= 15 is 0 Å². The fraction of sp³-hybridized carbons (Fsp3) is 0.250. The van der Waals surface area contributed by atoms with Crippen LogP contribution in [-0.4, -0.2) is 0 Å². The molecule has 0 aliphatic carbocycles. The van der Waals surface area contributed by atoms with Gasteiger partial charge in [-0.25, -0.2) is 0 Å². The van der Waals surface area contributed by atoms with Crippen molar-refractivity contribution in [2.75, 3.05) is 5.73 Å². The maximum atomic E-state index is 10.3. The Morgan fingerprint density at radius 1 is 1.27 bits per heavy atom. The Kier molecular flexibility index (Phi) is 1.89. The highest BCUT2D eigenvalue weighted by Gasteiger charge is 2.02. The van der Waals surface area contributed by atoms with Crippen LogP contribution in [0, 0.1) is 18.8 Å². The maximum Gasteiger partial charge on any atom is 0.113 e. The Bertz CT molecular complexity index is 271. The summed E-state index contributed by atoms with van der Waals surface area (Å²) in [4.78, 5) is 10.3. The number of nitrogens with two attached hydrogens (primary N) is 1. The van der Waals surface area contributed by atoms with Crippen molar-refractivity contribution in [2.45, 2.75) is 13.8 Å². The second-order valence-electron chi connectivity index (χ2n) is 2.59. The largest absolute Gasteiger partial charge is 0.399 e. The SMILES string of the molecule is Cc1cc(N)cc(C)c1N=O. The van der Waals surface area contributed by atoms with Gasteiger partial charge in [0.2, 0.25) is 0 Å². The van der Waals surface area contributed by atoms with E-state index in [0.717, 1.165) is 11.1 Å². The van der Waals surface area contributed by atoms with Gasteiger partial charge in [0, 0.05) is 5.69 Å². The second kappa shape index (κ2) is 2.70. The number of nitrogens with zero attached hydrogens (tertiary/aromatic N) is 1. The number of hydrogen-bond acceptors (Lipinski definition) is 3. The molecule has 1 aromatic rings. The summed E-state index contributed by atoms with van der Waals surface area (Å²) in [6.07, 6.45) is 0. The average molecular weight is 150 g/mol. The Balaban J connectivity index is 3.36. The van der Waals surface area contributed by atoms with Crippen LogP contribution in [0.5, 0.6) is 0 Å². The molecule has 0 aliphatic rings. The highest BCUT2D eigenvalue weighted by molar-refractivity contribution is 5.59. The summed E-state index contributed by atoms with van der Waals surface area (Å²) in [6, 6.07) is 3.48. The molecule has 0 amide bonds. The highest BCUT2D eigenvalue weighted by atomic mass is 16.3. The zero-order chi connectivity index (χ0) is 8.43. The summed E-state index contributed by atoms with van der Waals surface area (Å²) in [5, 5.41) is 2.91. The monoisotopic (exact) mass is 150 g/mol. The predicted octanol–water partition coefficient (Wildman–Crippen LogP) is 2.28. The molecule has 0 aliphatic heterocycles. The first-order valence-corrected chi connectivity index (χ1v) is 3.35. The number of anilines is 1. The van der Waals surface area contributed by atoms with Gasteiger partial charge in [-0.1, -0.05) is 0 Å². The van der Waals surface area contributed by atoms with Gasteiger partial charge in [0.25, 0.3) is 0 Å². The fourth-order valence-electron chi connectivity index (χ4n) is 1.13. The van der Waals surface area contributed by atoms with Gasteiger partial charge in [-0.15, -0.1) is 4.91 Å². The minimum atomic E-state index is 0.499. The molecular weight excluding hydrogens is 140 g/mol. The third kappa shape index (κ3) is 1.37. The molecule has 0 saturated heterocycles. The molecule has 0 aromatic heterocycles. The summed E-state index contributed by atoms with van der Waals surface area (Å²) < 4.78 is 0. The molecule has 3 heteroatoms. The van der Waals surface area contributed by atoms with Crippen molar-refractivity contribution < 1.29 is 0 Å². The molecule has 2 N–H and O–H groups in total. The first kappa shape index (κ1) is 7.72. The van der Waals surface area contributed by atoms with Gasteiger partial charge in [0.1, 0.15) is 5.69 Å². The van der Waals surface area contributed by atoms with Crippen LogP contribution in [-0.2, 0) is 0 Å². The van der Waals surface area contributed by atoms with Crippen molar-refractivity contribution >= 4 is 11.4 Å². The van der Waals surface area contributed by atoms with Gasteiger partial charge < -0.3 is 5.73 Å². The van der Waals surface area contributed by atoms with Gasteiger partial charge in [-0.3, -0.25) is 0 Å². The third-order valence-corrected chi connectivity index (χ3v) is 1.60. The number of rotatable bonds is 1. The van der Waals surface area contributed by atoms with Crippen LogP contribution in [0.25, 0.3) is 0 Å². The molecule has 0 atom stereocenters. The standard InChI is InChI=1S/C8H10N2O/c1-5-3-7(9)4-6(2)8(5)10-11/h3-4H,9H2,1-2H3. The number of benzene rings is 1. The van der Waals surface area contributed by atoms with Crippen LogP contribution in [0.2, 0.25) is 0 Å². The van der Waals surface area contributed by atoms with Crippen molar-refractivity contribution in [2.24, 2.45) is 5.18 Å². The van der Waals surface area contributed by atoms with E-state index < -0.39 is 0 Å². The Hall–Kier alpha value is -1.38. The molecule has 0 bridgehead atoms. The van der Waals surface area contributed by atoms with E-state index in [4.69, 9.17) is 5.73 Å². The average Bonchev–Trinajstić information content (AvgIpc) is 1.85. The number of aryl methyl sites for hydroxylation is 2. The number of hydrogen-bond donors (Lipinski definition) is 1. The van der Waals surface area contributed by atoms with Gasteiger partial charge in [-0.05, 0) is 42.3 Å². The summed E-state index contributed by atoms with van der Waals surface area (Å²) in [7, 11) is 0. The number of nitroso groups, excluding NO2 is 1. The molecule has 58 valence electrons. The first-order chi connectivity index (χ1) is 5.15. The molecule has 0 fully saturated rings. The first-order valence-electron chi connectivity index (χ1n) is 3.35. The lowest BCUT2D eigenvalue weighted by molar-refractivity contribution is 1.32. The maximum absolute atomic E-state index is 10.3. The lowest BCUT2D eigenvalue weighted by atomic mass is 10.1. The molecule has 1 aromatic carbocycles. The van der Waals surface area contributed by atoms with Crippen LogP contribution >= 0.6 is 0 Å². The van der Waals surface area contributed by atoms with Crippen molar-refractivity contribution in [3.05, 3.63) is 28.2 Å². The summed E-state index contributed by atoms with van der Waals surface area (Å²) >= 11 is 0. The minimum Gasteiger partial charge on any atom is -0.399 e. The molecule has 0 saturated carbocycles. The van der Waals surface area contributed by atoms with Crippen molar-refractivity contribution in [3.63, 3.8) is 0 Å². The Morgan fingerprint density at radius 2 is 1.73 bits per heavy atom. The van der Waals surface area contributed by atoms with Crippen molar-refractivity contribution in [1.82, 2.24) is 0 Å². The summed E-state index contributed by atoms with van der Waals surface area (Å²) in [5.74, 6) is 0. The fourth-order valence-corrected chi connectivity index (χ4v) is 1.13.